The SMILES string of the molecule is COc1ccc(CCC(O)Cc2ncnn2C(C)C)cc1. The summed E-state index contributed by atoms with van der Waals surface area (Å²) >= 11 is 0. The van der Waals surface area contributed by atoms with Crippen LogP contribution in [0.25, 0.3) is 0 Å². The molecule has 21 heavy (non-hydrogen) atoms. The normalized spacial score (nSPS) is 12.6. The summed E-state index contributed by atoms with van der Waals surface area (Å²) in [7, 11) is 1.66. The molecule has 0 saturated carbocycles. The van der Waals surface area contributed by atoms with Gasteiger partial charge >= 0.3 is 0 Å². The summed E-state index contributed by atoms with van der Waals surface area (Å²) in [6.45, 7) is 4.11. The fourth-order valence-electron chi connectivity index (χ4n) is 2.29. The molecule has 2 rings (SSSR count). The van der Waals surface area contributed by atoms with E-state index in [9.17, 15) is 5.11 Å². The highest BCUT2D eigenvalue weighted by Gasteiger charge is 2.13. The highest BCUT2D eigenvalue weighted by Crippen LogP contribution is 2.15. The van der Waals surface area contributed by atoms with Crippen molar-refractivity contribution in [2.75, 3.05) is 7.11 Å². The Kier molecular flexibility index (Phi) is 5.33. The zero-order valence-corrected chi connectivity index (χ0v) is 12.9. The molecule has 5 heteroatoms. The Balaban J connectivity index is 1.86. The highest BCUT2D eigenvalue weighted by molar-refractivity contribution is 5.27. The minimum absolute atomic E-state index is 0.260. The third-order valence-electron chi connectivity index (χ3n) is 3.48. The first-order chi connectivity index (χ1) is 10.1. The quantitative estimate of drug-likeness (QED) is 0.850. The van der Waals surface area contributed by atoms with Gasteiger partial charge in [0.05, 0.1) is 13.2 Å². The van der Waals surface area contributed by atoms with E-state index in [0.717, 1.165) is 18.0 Å². The molecule has 0 spiro atoms. The van der Waals surface area contributed by atoms with Crippen LogP contribution >= 0.6 is 0 Å². The first kappa shape index (κ1) is 15.5. The second-order valence-corrected chi connectivity index (χ2v) is 5.46. The number of rotatable bonds is 7. The van der Waals surface area contributed by atoms with E-state index in [2.05, 4.69) is 23.9 Å². The third kappa shape index (κ3) is 4.29. The maximum absolute atomic E-state index is 10.2. The first-order valence-electron chi connectivity index (χ1n) is 7.29. The van der Waals surface area contributed by atoms with Crippen molar-refractivity contribution in [3.05, 3.63) is 42.0 Å². The Bertz CT molecular complexity index is 549. The van der Waals surface area contributed by atoms with Crippen LogP contribution in [0.5, 0.6) is 5.75 Å². The van der Waals surface area contributed by atoms with Gasteiger partial charge in [0.15, 0.2) is 0 Å². The van der Waals surface area contributed by atoms with Gasteiger partial charge in [-0.25, -0.2) is 9.67 Å². The van der Waals surface area contributed by atoms with Crippen molar-refractivity contribution in [3.63, 3.8) is 0 Å². The van der Waals surface area contributed by atoms with Crippen molar-refractivity contribution in [3.8, 4) is 5.75 Å². The van der Waals surface area contributed by atoms with Crippen molar-refractivity contribution in [1.82, 2.24) is 14.8 Å². The number of aromatic nitrogens is 3. The maximum atomic E-state index is 10.2. The molecule has 1 heterocycles. The zero-order valence-electron chi connectivity index (χ0n) is 12.9. The number of methoxy groups -OCH3 is 1. The van der Waals surface area contributed by atoms with E-state index in [1.165, 1.54) is 5.56 Å². The van der Waals surface area contributed by atoms with Gasteiger partial charge < -0.3 is 9.84 Å². The molecule has 2 aromatic rings. The molecule has 1 aromatic carbocycles. The molecule has 0 aliphatic rings. The number of nitrogens with zero attached hydrogens (tertiary/aromatic N) is 3. The number of benzene rings is 1. The van der Waals surface area contributed by atoms with Crippen LogP contribution in [0.3, 0.4) is 0 Å². The van der Waals surface area contributed by atoms with Crippen molar-refractivity contribution in [2.24, 2.45) is 0 Å². The predicted octanol–water partition coefficient (Wildman–Crippen LogP) is 2.40. The minimum atomic E-state index is -0.409. The lowest BCUT2D eigenvalue weighted by Crippen LogP contribution is -2.17. The molecule has 0 amide bonds. The average molecular weight is 289 g/mol. The molecule has 0 radical (unpaired) electrons. The molecule has 5 nitrogen and oxygen atoms in total. The molecular weight excluding hydrogens is 266 g/mol. The monoisotopic (exact) mass is 289 g/mol. The van der Waals surface area contributed by atoms with E-state index in [1.807, 2.05) is 28.9 Å². The maximum Gasteiger partial charge on any atom is 0.138 e. The molecule has 1 aromatic heterocycles. The van der Waals surface area contributed by atoms with Gasteiger partial charge in [-0.15, -0.1) is 0 Å². The second kappa shape index (κ2) is 7.22. The number of aliphatic hydroxyl groups excluding tert-OH is 1. The molecule has 114 valence electrons. The van der Waals surface area contributed by atoms with E-state index >= 15 is 0 Å². The van der Waals surface area contributed by atoms with Gasteiger partial charge in [0, 0.05) is 12.5 Å². The van der Waals surface area contributed by atoms with Crippen molar-refractivity contribution >= 4 is 0 Å². The molecule has 1 unspecified atom stereocenters. The Labute approximate surface area is 125 Å². The molecule has 1 N–H and O–H groups in total. The highest BCUT2D eigenvalue weighted by atomic mass is 16.5. The lowest BCUT2D eigenvalue weighted by Gasteiger charge is -2.13. The summed E-state index contributed by atoms with van der Waals surface area (Å²) in [5, 5.41) is 14.4. The molecular formula is C16H23N3O2. The topological polar surface area (TPSA) is 60.2 Å². The number of aryl methyl sites for hydroxylation is 1. The van der Waals surface area contributed by atoms with Gasteiger partial charge in [-0.05, 0) is 44.4 Å². The Morgan fingerprint density at radius 2 is 1.95 bits per heavy atom. The van der Waals surface area contributed by atoms with E-state index in [1.54, 1.807) is 13.4 Å². The molecule has 0 fully saturated rings. The molecule has 1 atom stereocenters. The van der Waals surface area contributed by atoms with Crippen molar-refractivity contribution in [2.45, 2.75) is 45.3 Å². The smallest absolute Gasteiger partial charge is 0.138 e. The fourth-order valence-corrected chi connectivity index (χ4v) is 2.29. The van der Waals surface area contributed by atoms with E-state index < -0.39 is 6.10 Å². The Morgan fingerprint density at radius 1 is 1.24 bits per heavy atom. The number of ether oxygens (including phenoxy) is 1. The summed E-state index contributed by atoms with van der Waals surface area (Å²) in [5.41, 5.74) is 1.19. The summed E-state index contributed by atoms with van der Waals surface area (Å²) in [4.78, 5) is 4.23. The Hall–Kier alpha value is -1.88. The number of hydrogen-bond donors (Lipinski definition) is 1. The Morgan fingerprint density at radius 3 is 2.57 bits per heavy atom. The van der Waals surface area contributed by atoms with Crippen LogP contribution in [0.15, 0.2) is 30.6 Å². The van der Waals surface area contributed by atoms with E-state index in [0.29, 0.717) is 12.8 Å². The lowest BCUT2D eigenvalue weighted by atomic mass is 10.0. The van der Waals surface area contributed by atoms with Crippen LogP contribution in [-0.2, 0) is 12.8 Å². The summed E-state index contributed by atoms with van der Waals surface area (Å²) < 4.78 is 6.99. The molecule has 0 aliphatic heterocycles. The van der Waals surface area contributed by atoms with E-state index in [-0.39, 0.29) is 6.04 Å². The lowest BCUT2D eigenvalue weighted by molar-refractivity contribution is 0.160. The van der Waals surface area contributed by atoms with Crippen LogP contribution in [0.1, 0.15) is 37.7 Å². The van der Waals surface area contributed by atoms with E-state index in [4.69, 9.17) is 4.74 Å². The average Bonchev–Trinajstić information content (AvgIpc) is 2.94. The van der Waals surface area contributed by atoms with Crippen LogP contribution in [0.4, 0.5) is 0 Å². The summed E-state index contributed by atoms with van der Waals surface area (Å²) in [6, 6.07) is 8.20. The first-order valence-corrected chi connectivity index (χ1v) is 7.29. The standard InChI is InChI=1S/C16H23N3O2/c1-12(2)19-16(17-11-18-19)10-14(20)7-4-13-5-8-15(21-3)9-6-13/h5-6,8-9,11-12,14,20H,4,7,10H2,1-3H3. The summed E-state index contributed by atoms with van der Waals surface area (Å²) in [5.74, 6) is 1.69. The molecule has 0 bridgehead atoms. The van der Waals surface area contributed by atoms with Crippen molar-refractivity contribution in [1.29, 1.82) is 0 Å². The van der Waals surface area contributed by atoms with Gasteiger partial charge in [0.2, 0.25) is 0 Å². The largest absolute Gasteiger partial charge is 0.497 e. The second-order valence-electron chi connectivity index (χ2n) is 5.46. The van der Waals surface area contributed by atoms with Crippen LogP contribution < -0.4 is 4.74 Å². The zero-order chi connectivity index (χ0) is 15.2. The van der Waals surface area contributed by atoms with Gasteiger partial charge in [0.1, 0.15) is 17.9 Å². The summed E-state index contributed by atoms with van der Waals surface area (Å²) in [6.07, 6.45) is 3.21. The third-order valence-corrected chi connectivity index (χ3v) is 3.48. The van der Waals surface area contributed by atoms with Gasteiger partial charge in [-0.2, -0.15) is 5.10 Å². The predicted molar refractivity (Wildman–Crippen MR) is 81.4 cm³/mol. The van der Waals surface area contributed by atoms with Crippen molar-refractivity contribution < 1.29 is 9.84 Å². The van der Waals surface area contributed by atoms with Gasteiger partial charge in [0.25, 0.3) is 0 Å². The van der Waals surface area contributed by atoms with Crippen LogP contribution in [0.2, 0.25) is 0 Å². The van der Waals surface area contributed by atoms with Crippen LogP contribution in [-0.4, -0.2) is 33.1 Å². The van der Waals surface area contributed by atoms with Gasteiger partial charge in [-0.3, -0.25) is 0 Å². The number of hydrogen-bond acceptors (Lipinski definition) is 4. The molecule has 0 saturated heterocycles. The minimum Gasteiger partial charge on any atom is -0.497 e. The van der Waals surface area contributed by atoms with Crippen LogP contribution in [0, 0.1) is 0 Å². The van der Waals surface area contributed by atoms with Gasteiger partial charge in [-0.1, -0.05) is 12.1 Å². The number of aliphatic hydroxyl groups is 1. The molecule has 0 aliphatic carbocycles. The fraction of sp³-hybridized carbons (Fsp3) is 0.500.